The quantitative estimate of drug-likeness (QED) is 0.868. The Morgan fingerprint density at radius 1 is 1.44 bits per heavy atom. The third-order valence-corrected chi connectivity index (χ3v) is 2.68. The molecule has 4 heteroatoms. The van der Waals surface area contributed by atoms with Gasteiger partial charge in [-0.3, -0.25) is 0 Å². The second-order valence-corrected chi connectivity index (χ2v) is 4.28. The highest BCUT2D eigenvalue weighted by Gasteiger charge is 2.20. The van der Waals surface area contributed by atoms with Crippen molar-refractivity contribution in [2.45, 2.75) is 39.7 Å². The van der Waals surface area contributed by atoms with Gasteiger partial charge in [0.25, 0.3) is 0 Å². The van der Waals surface area contributed by atoms with E-state index in [9.17, 15) is 4.79 Å². The van der Waals surface area contributed by atoms with E-state index < -0.39 is 12.1 Å². The Morgan fingerprint density at radius 3 is 2.39 bits per heavy atom. The van der Waals surface area contributed by atoms with E-state index in [1.165, 1.54) is 0 Å². The molecule has 0 radical (unpaired) electrons. The summed E-state index contributed by atoms with van der Waals surface area (Å²) in [5.74, 6) is -0.394. The minimum absolute atomic E-state index is 0.466. The van der Waals surface area contributed by atoms with Crippen LogP contribution in [0.3, 0.4) is 0 Å². The molecular formula is C14H17NO3. The van der Waals surface area contributed by atoms with Crippen molar-refractivity contribution in [2.24, 2.45) is 0 Å². The van der Waals surface area contributed by atoms with Crippen molar-refractivity contribution < 1.29 is 14.6 Å². The van der Waals surface area contributed by atoms with Gasteiger partial charge in [-0.25, -0.2) is 4.79 Å². The number of nitriles is 1. The van der Waals surface area contributed by atoms with Crippen molar-refractivity contribution >= 4 is 5.97 Å². The number of carboxylic acids is 1. The van der Waals surface area contributed by atoms with Crippen LogP contribution in [-0.4, -0.2) is 17.2 Å². The molecule has 0 fully saturated rings. The Bertz CT molecular complexity index is 465. The standard InChI is InChI=1S/C14H17NO3/c1-4-5-12(14(16)17)18-13-9(2)6-11(8-15)7-10(13)3/h6-7,12H,4-5H2,1-3H3,(H,16,17). The lowest BCUT2D eigenvalue weighted by Crippen LogP contribution is -2.27. The monoisotopic (exact) mass is 247 g/mol. The zero-order valence-corrected chi connectivity index (χ0v) is 10.9. The molecule has 1 rings (SSSR count). The van der Waals surface area contributed by atoms with Gasteiger partial charge in [0.2, 0.25) is 0 Å². The molecule has 1 unspecified atom stereocenters. The Hall–Kier alpha value is -2.02. The molecule has 0 saturated heterocycles. The smallest absolute Gasteiger partial charge is 0.344 e. The maximum atomic E-state index is 11.1. The van der Waals surface area contributed by atoms with Crippen LogP contribution in [-0.2, 0) is 4.79 Å². The number of aryl methyl sites for hydroxylation is 2. The van der Waals surface area contributed by atoms with Gasteiger partial charge in [0.15, 0.2) is 6.10 Å². The highest BCUT2D eigenvalue weighted by Crippen LogP contribution is 2.26. The minimum atomic E-state index is -0.958. The fraction of sp³-hybridized carbons (Fsp3) is 0.429. The molecule has 1 atom stereocenters. The first kappa shape index (κ1) is 14.0. The first-order valence-corrected chi connectivity index (χ1v) is 5.90. The average Bonchev–Trinajstić information content (AvgIpc) is 2.31. The zero-order valence-electron chi connectivity index (χ0n) is 10.9. The molecule has 0 heterocycles. The summed E-state index contributed by atoms with van der Waals surface area (Å²) in [5, 5.41) is 17.9. The summed E-state index contributed by atoms with van der Waals surface area (Å²) in [6, 6.07) is 5.47. The molecule has 0 saturated carbocycles. The third kappa shape index (κ3) is 3.24. The van der Waals surface area contributed by atoms with Gasteiger partial charge in [0.1, 0.15) is 5.75 Å². The number of carbonyl (C=O) groups is 1. The number of benzene rings is 1. The highest BCUT2D eigenvalue weighted by molar-refractivity contribution is 5.73. The number of ether oxygens (including phenoxy) is 1. The van der Waals surface area contributed by atoms with Crippen molar-refractivity contribution in [1.82, 2.24) is 0 Å². The van der Waals surface area contributed by atoms with Crippen LogP contribution in [0, 0.1) is 25.2 Å². The van der Waals surface area contributed by atoms with E-state index in [1.54, 1.807) is 12.1 Å². The Kier molecular flexibility index (Phi) is 4.73. The second kappa shape index (κ2) is 6.06. The molecule has 4 nitrogen and oxygen atoms in total. The molecule has 0 aliphatic carbocycles. The molecule has 0 aliphatic rings. The van der Waals surface area contributed by atoms with E-state index in [2.05, 4.69) is 6.07 Å². The Labute approximate surface area is 107 Å². The number of rotatable bonds is 5. The van der Waals surface area contributed by atoms with Crippen LogP contribution in [0.1, 0.15) is 36.5 Å². The normalized spacial score (nSPS) is 11.7. The largest absolute Gasteiger partial charge is 0.479 e. The fourth-order valence-electron chi connectivity index (χ4n) is 1.84. The number of hydrogen-bond donors (Lipinski definition) is 1. The van der Waals surface area contributed by atoms with Gasteiger partial charge in [-0.1, -0.05) is 13.3 Å². The van der Waals surface area contributed by atoms with Crippen molar-refractivity contribution in [3.05, 3.63) is 28.8 Å². The average molecular weight is 247 g/mol. The molecule has 1 aromatic carbocycles. The molecule has 0 spiro atoms. The predicted molar refractivity (Wildman–Crippen MR) is 67.6 cm³/mol. The van der Waals surface area contributed by atoms with E-state index in [0.29, 0.717) is 17.7 Å². The highest BCUT2D eigenvalue weighted by atomic mass is 16.5. The lowest BCUT2D eigenvalue weighted by Gasteiger charge is -2.18. The van der Waals surface area contributed by atoms with Gasteiger partial charge in [0.05, 0.1) is 11.6 Å². The van der Waals surface area contributed by atoms with Gasteiger partial charge < -0.3 is 9.84 Å². The van der Waals surface area contributed by atoms with E-state index in [1.807, 2.05) is 20.8 Å². The summed E-state index contributed by atoms with van der Waals surface area (Å²) in [6.07, 6.45) is 0.375. The van der Waals surface area contributed by atoms with Crippen molar-refractivity contribution in [3.8, 4) is 11.8 Å². The summed E-state index contributed by atoms with van der Waals surface area (Å²) in [7, 11) is 0. The predicted octanol–water partition coefficient (Wildman–Crippen LogP) is 2.81. The summed E-state index contributed by atoms with van der Waals surface area (Å²) in [5.41, 5.74) is 2.13. The first-order chi connectivity index (χ1) is 8.49. The lowest BCUT2D eigenvalue weighted by atomic mass is 10.1. The fourth-order valence-corrected chi connectivity index (χ4v) is 1.84. The lowest BCUT2D eigenvalue weighted by molar-refractivity contribution is -0.145. The molecule has 0 amide bonds. The number of aliphatic carboxylic acids is 1. The van der Waals surface area contributed by atoms with Crippen molar-refractivity contribution in [1.29, 1.82) is 5.26 Å². The van der Waals surface area contributed by atoms with Crippen LogP contribution in [0.2, 0.25) is 0 Å². The zero-order chi connectivity index (χ0) is 13.7. The Morgan fingerprint density at radius 2 is 2.00 bits per heavy atom. The molecule has 0 aromatic heterocycles. The minimum Gasteiger partial charge on any atom is -0.479 e. The topological polar surface area (TPSA) is 70.3 Å². The van der Waals surface area contributed by atoms with Gasteiger partial charge in [0, 0.05) is 0 Å². The summed E-state index contributed by atoms with van der Waals surface area (Å²) in [6.45, 7) is 5.54. The third-order valence-electron chi connectivity index (χ3n) is 2.68. The van der Waals surface area contributed by atoms with Crippen molar-refractivity contribution in [2.75, 3.05) is 0 Å². The van der Waals surface area contributed by atoms with E-state index in [-0.39, 0.29) is 0 Å². The summed E-state index contributed by atoms with van der Waals surface area (Å²) < 4.78 is 5.57. The molecule has 0 aliphatic heterocycles. The van der Waals surface area contributed by atoms with E-state index in [4.69, 9.17) is 15.1 Å². The molecular weight excluding hydrogens is 230 g/mol. The molecule has 1 N–H and O–H groups in total. The number of hydrogen-bond acceptors (Lipinski definition) is 3. The van der Waals surface area contributed by atoms with Crippen LogP contribution in [0.25, 0.3) is 0 Å². The Balaban J connectivity index is 3.03. The molecule has 0 bridgehead atoms. The van der Waals surface area contributed by atoms with E-state index >= 15 is 0 Å². The van der Waals surface area contributed by atoms with Gasteiger partial charge in [-0.15, -0.1) is 0 Å². The second-order valence-electron chi connectivity index (χ2n) is 4.28. The summed E-state index contributed by atoms with van der Waals surface area (Å²) in [4.78, 5) is 11.1. The van der Waals surface area contributed by atoms with Crippen LogP contribution < -0.4 is 4.74 Å². The van der Waals surface area contributed by atoms with E-state index in [0.717, 1.165) is 17.5 Å². The molecule has 96 valence electrons. The van der Waals surface area contributed by atoms with Crippen LogP contribution >= 0.6 is 0 Å². The van der Waals surface area contributed by atoms with Crippen LogP contribution in [0.5, 0.6) is 5.75 Å². The van der Waals surface area contributed by atoms with Gasteiger partial charge >= 0.3 is 5.97 Å². The van der Waals surface area contributed by atoms with Crippen LogP contribution in [0.15, 0.2) is 12.1 Å². The molecule has 18 heavy (non-hydrogen) atoms. The summed E-state index contributed by atoms with van der Waals surface area (Å²) >= 11 is 0. The maximum absolute atomic E-state index is 11.1. The van der Waals surface area contributed by atoms with Crippen LogP contribution in [0.4, 0.5) is 0 Å². The first-order valence-electron chi connectivity index (χ1n) is 5.90. The van der Waals surface area contributed by atoms with Crippen molar-refractivity contribution in [3.63, 3.8) is 0 Å². The van der Waals surface area contributed by atoms with Gasteiger partial charge in [-0.05, 0) is 43.5 Å². The number of nitrogens with zero attached hydrogens (tertiary/aromatic N) is 1. The SMILES string of the molecule is CCCC(Oc1c(C)cc(C#N)cc1C)C(=O)O. The molecule has 1 aromatic rings. The maximum Gasteiger partial charge on any atom is 0.344 e. The number of carboxylic acid groups (broad SMARTS) is 1. The van der Waals surface area contributed by atoms with Gasteiger partial charge in [-0.2, -0.15) is 5.26 Å².